The molecule has 0 N–H and O–H groups in total. The third kappa shape index (κ3) is 5.45. The number of anilines is 1. The summed E-state index contributed by atoms with van der Waals surface area (Å²) in [6, 6.07) is 11.7. The molecule has 0 atom stereocenters. The summed E-state index contributed by atoms with van der Waals surface area (Å²) >= 11 is 0. The van der Waals surface area contributed by atoms with E-state index in [1.165, 1.54) is 10.5 Å². The maximum atomic E-state index is 11.8. The molecule has 2 aromatic rings. The van der Waals surface area contributed by atoms with Crippen LogP contribution in [0.2, 0.25) is 0 Å². The average molecular weight is 342 g/mol. The summed E-state index contributed by atoms with van der Waals surface area (Å²) < 4.78 is 5.80. The number of nitrogens with zero attached hydrogens (tertiary/aromatic N) is 4. The SMILES string of the molecule is CCc1cccc(OCCCN(C)c2ccc(C(=O)N(C)C)nn2)c1. The number of hydrogen-bond acceptors (Lipinski definition) is 5. The third-order valence-electron chi connectivity index (χ3n) is 3.88. The molecule has 0 bridgehead atoms. The Balaban J connectivity index is 1.79. The van der Waals surface area contributed by atoms with Crippen LogP contribution in [0.15, 0.2) is 36.4 Å². The standard InChI is InChI=1S/C19H26N4O2/c1-5-15-8-6-9-16(14-15)25-13-7-12-23(4)18-11-10-17(20-21-18)19(24)22(2)3/h6,8-11,14H,5,7,12-13H2,1-4H3. The van der Waals surface area contributed by atoms with Gasteiger partial charge < -0.3 is 14.5 Å². The first kappa shape index (κ1) is 18.7. The van der Waals surface area contributed by atoms with Crippen molar-refractivity contribution >= 4 is 11.7 Å². The van der Waals surface area contributed by atoms with Crippen LogP contribution in [0, 0.1) is 0 Å². The van der Waals surface area contributed by atoms with Crippen LogP contribution in [0.5, 0.6) is 5.75 Å². The molecule has 0 saturated carbocycles. The molecule has 25 heavy (non-hydrogen) atoms. The number of rotatable bonds is 8. The molecule has 1 amide bonds. The minimum Gasteiger partial charge on any atom is -0.494 e. The molecule has 0 aliphatic rings. The zero-order valence-corrected chi connectivity index (χ0v) is 15.4. The number of amides is 1. The van der Waals surface area contributed by atoms with Crippen LogP contribution in [0.1, 0.15) is 29.4 Å². The van der Waals surface area contributed by atoms with Gasteiger partial charge in [0.05, 0.1) is 6.61 Å². The highest BCUT2D eigenvalue weighted by Crippen LogP contribution is 2.14. The Hall–Kier alpha value is -2.63. The lowest BCUT2D eigenvalue weighted by molar-refractivity contribution is 0.0821. The number of aromatic nitrogens is 2. The molecule has 0 saturated heterocycles. The van der Waals surface area contributed by atoms with Gasteiger partial charge in [-0.25, -0.2) is 0 Å². The van der Waals surface area contributed by atoms with Crippen molar-refractivity contribution in [2.75, 3.05) is 39.2 Å². The predicted octanol–water partition coefficient (Wildman–Crippen LogP) is 2.65. The van der Waals surface area contributed by atoms with Gasteiger partial charge in [-0.05, 0) is 42.7 Å². The van der Waals surface area contributed by atoms with Crippen LogP contribution in [0.25, 0.3) is 0 Å². The first-order valence-electron chi connectivity index (χ1n) is 8.49. The zero-order chi connectivity index (χ0) is 18.2. The van der Waals surface area contributed by atoms with Crippen LogP contribution < -0.4 is 9.64 Å². The summed E-state index contributed by atoms with van der Waals surface area (Å²) in [6.45, 7) is 3.57. The van der Waals surface area contributed by atoms with E-state index in [0.717, 1.165) is 31.0 Å². The lowest BCUT2D eigenvalue weighted by Gasteiger charge is -2.18. The Bertz CT molecular complexity index is 686. The number of carbonyl (C=O) groups is 1. The van der Waals surface area contributed by atoms with Gasteiger partial charge in [-0.15, -0.1) is 10.2 Å². The second-order valence-electron chi connectivity index (χ2n) is 6.10. The predicted molar refractivity (Wildman–Crippen MR) is 99.3 cm³/mol. The van der Waals surface area contributed by atoms with E-state index in [2.05, 4.69) is 29.3 Å². The molecule has 1 aromatic carbocycles. The van der Waals surface area contributed by atoms with Crippen molar-refractivity contribution in [1.82, 2.24) is 15.1 Å². The largest absolute Gasteiger partial charge is 0.494 e. The van der Waals surface area contributed by atoms with E-state index in [1.807, 2.05) is 30.1 Å². The molecule has 134 valence electrons. The van der Waals surface area contributed by atoms with Gasteiger partial charge in [-0.2, -0.15) is 0 Å². The van der Waals surface area contributed by atoms with Crippen molar-refractivity contribution in [2.45, 2.75) is 19.8 Å². The molecule has 1 aromatic heterocycles. The molecule has 0 aliphatic carbocycles. The molecule has 0 spiro atoms. The summed E-state index contributed by atoms with van der Waals surface area (Å²) in [6.07, 6.45) is 1.87. The summed E-state index contributed by atoms with van der Waals surface area (Å²) in [4.78, 5) is 15.3. The zero-order valence-electron chi connectivity index (χ0n) is 15.4. The number of aryl methyl sites for hydroxylation is 1. The van der Waals surface area contributed by atoms with Gasteiger partial charge in [-0.1, -0.05) is 19.1 Å². The molecular formula is C19H26N4O2. The fourth-order valence-electron chi connectivity index (χ4n) is 2.33. The molecule has 0 radical (unpaired) electrons. The quantitative estimate of drug-likeness (QED) is 0.690. The average Bonchev–Trinajstić information content (AvgIpc) is 2.64. The van der Waals surface area contributed by atoms with Crippen LogP contribution >= 0.6 is 0 Å². The van der Waals surface area contributed by atoms with Crippen LogP contribution in [-0.4, -0.2) is 55.3 Å². The van der Waals surface area contributed by atoms with Gasteiger partial charge in [0.25, 0.3) is 5.91 Å². The van der Waals surface area contributed by atoms with Gasteiger partial charge in [0.15, 0.2) is 11.5 Å². The number of benzene rings is 1. The van der Waals surface area contributed by atoms with Crippen LogP contribution in [0.4, 0.5) is 5.82 Å². The van der Waals surface area contributed by atoms with E-state index in [4.69, 9.17) is 4.74 Å². The van der Waals surface area contributed by atoms with Gasteiger partial charge in [0.1, 0.15) is 5.75 Å². The first-order chi connectivity index (χ1) is 12.0. The lowest BCUT2D eigenvalue weighted by Crippen LogP contribution is -2.25. The van der Waals surface area contributed by atoms with Crippen molar-refractivity contribution in [3.8, 4) is 5.75 Å². The molecule has 1 heterocycles. The Morgan fingerprint density at radius 3 is 2.56 bits per heavy atom. The van der Waals surface area contributed by atoms with E-state index in [0.29, 0.717) is 12.3 Å². The van der Waals surface area contributed by atoms with Crippen LogP contribution in [0.3, 0.4) is 0 Å². The first-order valence-corrected chi connectivity index (χ1v) is 8.49. The number of carbonyl (C=O) groups excluding carboxylic acids is 1. The smallest absolute Gasteiger partial charge is 0.273 e. The van der Waals surface area contributed by atoms with E-state index in [9.17, 15) is 4.79 Å². The molecule has 6 heteroatoms. The highest BCUT2D eigenvalue weighted by Gasteiger charge is 2.11. The highest BCUT2D eigenvalue weighted by molar-refractivity contribution is 5.91. The second kappa shape index (κ2) is 9.01. The summed E-state index contributed by atoms with van der Waals surface area (Å²) in [5.41, 5.74) is 1.62. The minimum atomic E-state index is -0.149. The van der Waals surface area contributed by atoms with Gasteiger partial charge in [-0.3, -0.25) is 4.79 Å². The lowest BCUT2D eigenvalue weighted by atomic mass is 10.2. The number of hydrogen-bond donors (Lipinski definition) is 0. The molecule has 0 fully saturated rings. The van der Waals surface area contributed by atoms with Crippen molar-refractivity contribution in [2.24, 2.45) is 0 Å². The van der Waals surface area contributed by atoms with Crippen molar-refractivity contribution in [3.05, 3.63) is 47.7 Å². The van der Waals surface area contributed by atoms with E-state index < -0.39 is 0 Å². The van der Waals surface area contributed by atoms with Gasteiger partial charge >= 0.3 is 0 Å². The Labute approximate surface area is 149 Å². The van der Waals surface area contributed by atoms with Gasteiger partial charge in [0.2, 0.25) is 0 Å². The maximum Gasteiger partial charge on any atom is 0.273 e. The van der Waals surface area contributed by atoms with Crippen molar-refractivity contribution in [1.29, 1.82) is 0 Å². The van der Waals surface area contributed by atoms with E-state index in [-0.39, 0.29) is 5.91 Å². The van der Waals surface area contributed by atoms with Crippen molar-refractivity contribution in [3.63, 3.8) is 0 Å². The Morgan fingerprint density at radius 1 is 1.12 bits per heavy atom. The molecular weight excluding hydrogens is 316 g/mol. The third-order valence-corrected chi connectivity index (χ3v) is 3.88. The van der Waals surface area contributed by atoms with Crippen LogP contribution in [-0.2, 0) is 6.42 Å². The highest BCUT2D eigenvalue weighted by atomic mass is 16.5. The summed E-state index contributed by atoms with van der Waals surface area (Å²) in [5.74, 6) is 1.50. The number of ether oxygens (including phenoxy) is 1. The van der Waals surface area contributed by atoms with E-state index >= 15 is 0 Å². The molecule has 6 nitrogen and oxygen atoms in total. The molecule has 0 unspecified atom stereocenters. The van der Waals surface area contributed by atoms with Crippen molar-refractivity contribution < 1.29 is 9.53 Å². The second-order valence-corrected chi connectivity index (χ2v) is 6.10. The monoisotopic (exact) mass is 342 g/mol. The molecule has 2 rings (SSSR count). The Kier molecular flexibility index (Phi) is 6.74. The fraction of sp³-hybridized carbons (Fsp3) is 0.421. The summed E-state index contributed by atoms with van der Waals surface area (Å²) in [5, 5.41) is 8.13. The fourth-order valence-corrected chi connectivity index (χ4v) is 2.33. The topological polar surface area (TPSA) is 58.6 Å². The Morgan fingerprint density at radius 2 is 1.92 bits per heavy atom. The van der Waals surface area contributed by atoms with E-state index in [1.54, 1.807) is 20.2 Å². The minimum absolute atomic E-state index is 0.149. The summed E-state index contributed by atoms with van der Waals surface area (Å²) in [7, 11) is 5.34. The van der Waals surface area contributed by atoms with Gasteiger partial charge in [0, 0.05) is 27.7 Å². The normalized spacial score (nSPS) is 10.4. The maximum absolute atomic E-state index is 11.8. The molecule has 0 aliphatic heterocycles.